The summed E-state index contributed by atoms with van der Waals surface area (Å²) < 4.78 is 22.7. The van der Waals surface area contributed by atoms with Gasteiger partial charge >= 0.3 is 0 Å². The average molecular weight is 228 g/mol. The molecule has 84 valence electrons. The molecule has 0 aliphatic carbocycles. The molecule has 0 radical (unpaired) electrons. The standard InChI is InChI=1S/C11H16O3S/c1-11(2,8-12)9-5-4-6-10(7-9)15(3,13)14/h4-7,12H,8H2,1-3H3. The Kier molecular flexibility index (Phi) is 3.21. The van der Waals surface area contributed by atoms with Gasteiger partial charge < -0.3 is 5.11 Å². The van der Waals surface area contributed by atoms with Gasteiger partial charge in [-0.2, -0.15) is 0 Å². The highest BCUT2D eigenvalue weighted by Crippen LogP contribution is 2.24. The second-order valence-corrected chi connectivity index (χ2v) is 6.36. The molecule has 0 aromatic heterocycles. The van der Waals surface area contributed by atoms with E-state index in [0.29, 0.717) is 4.90 Å². The van der Waals surface area contributed by atoms with Crippen molar-refractivity contribution in [3.8, 4) is 0 Å². The van der Waals surface area contributed by atoms with E-state index in [9.17, 15) is 13.5 Å². The Bertz CT molecular complexity index is 447. The zero-order valence-corrected chi connectivity index (χ0v) is 10.0. The zero-order valence-electron chi connectivity index (χ0n) is 9.19. The predicted molar refractivity (Wildman–Crippen MR) is 59.7 cm³/mol. The van der Waals surface area contributed by atoms with Crippen molar-refractivity contribution < 1.29 is 13.5 Å². The Balaban J connectivity index is 3.26. The van der Waals surface area contributed by atoms with Crippen molar-refractivity contribution in [2.45, 2.75) is 24.2 Å². The van der Waals surface area contributed by atoms with Gasteiger partial charge in [0, 0.05) is 11.7 Å². The Labute approximate surface area is 90.7 Å². The maximum absolute atomic E-state index is 11.3. The summed E-state index contributed by atoms with van der Waals surface area (Å²) in [6.07, 6.45) is 1.18. The highest BCUT2D eigenvalue weighted by atomic mass is 32.2. The van der Waals surface area contributed by atoms with Crippen LogP contribution in [0.5, 0.6) is 0 Å². The molecule has 0 amide bonds. The number of sulfone groups is 1. The molecule has 4 heteroatoms. The molecule has 0 fully saturated rings. The van der Waals surface area contributed by atoms with Crippen LogP contribution in [0.15, 0.2) is 29.2 Å². The minimum atomic E-state index is -3.18. The summed E-state index contributed by atoms with van der Waals surface area (Å²) in [5, 5.41) is 9.19. The maximum Gasteiger partial charge on any atom is 0.175 e. The van der Waals surface area contributed by atoms with Crippen LogP contribution >= 0.6 is 0 Å². The summed E-state index contributed by atoms with van der Waals surface area (Å²) in [4.78, 5) is 0.293. The Morgan fingerprint density at radius 2 is 1.93 bits per heavy atom. The summed E-state index contributed by atoms with van der Waals surface area (Å²) in [6, 6.07) is 6.70. The lowest BCUT2D eigenvalue weighted by Gasteiger charge is -2.22. The Morgan fingerprint density at radius 3 is 2.40 bits per heavy atom. The van der Waals surface area contributed by atoms with Crippen molar-refractivity contribution in [2.24, 2.45) is 0 Å². The summed E-state index contributed by atoms with van der Waals surface area (Å²) in [5.74, 6) is 0. The van der Waals surface area contributed by atoms with Crippen molar-refractivity contribution in [2.75, 3.05) is 12.9 Å². The molecule has 1 aromatic carbocycles. The Morgan fingerprint density at radius 1 is 1.33 bits per heavy atom. The molecule has 1 rings (SSSR count). The number of aliphatic hydroxyl groups excluding tert-OH is 1. The van der Waals surface area contributed by atoms with E-state index in [-0.39, 0.29) is 6.61 Å². The molecular weight excluding hydrogens is 212 g/mol. The first-order chi connectivity index (χ1) is 6.77. The monoisotopic (exact) mass is 228 g/mol. The van der Waals surface area contributed by atoms with Gasteiger partial charge in [-0.1, -0.05) is 26.0 Å². The lowest BCUT2D eigenvalue weighted by Crippen LogP contribution is -2.22. The van der Waals surface area contributed by atoms with Crippen molar-refractivity contribution in [3.05, 3.63) is 29.8 Å². The number of rotatable bonds is 3. The summed E-state index contributed by atoms with van der Waals surface area (Å²) in [7, 11) is -3.18. The SMILES string of the molecule is CC(C)(CO)c1cccc(S(C)(=O)=O)c1. The second-order valence-electron chi connectivity index (χ2n) is 4.34. The van der Waals surface area contributed by atoms with E-state index in [1.54, 1.807) is 18.2 Å². The quantitative estimate of drug-likeness (QED) is 0.850. The van der Waals surface area contributed by atoms with E-state index in [0.717, 1.165) is 5.56 Å². The van der Waals surface area contributed by atoms with Gasteiger partial charge in [0.05, 0.1) is 11.5 Å². The Hall–Kier alpha value is -0.870. The van der Waals surface area contributed by atoms with Gasteiger partial charge in [0.2, 0.25) is 0 Å². The topological polar surface area (TPSA) is 54.4 Å². The third-order valence-corrected chi connectivity index (χ3v) is 3.55. The molecule has 0 unspecified atom stereocenters. The van der Waals surface area contributed by atoms with Crippen LogP contribution in [0, 0.1) is 0 Å². The van der Waals surface area contributed by atoms with E-state index in [4.69, 9.17) is 0 Å². The van der Waals surface area contributed by atoms with Gasteiger partial charge in [0.1, 0.15) is 0 Å². The second kappa shape index (κ2) is 3.94. The highest BCUT2D eigenvalue weighted by Gasteiger charge is 2.20. The average Bonchev–Trinajstić information content (AvgIpc) is 2.17. The molecule has 1 N–H and O–H groups in total. The van der Waals surface area contributed by atoms with Crippen LogP contribution in [0.3, 0.4) is 0 Å². The molecule has 15 heavy (non-hydrogen) atoms. The molecule has 0 saturated heterocycles. The van der Waals surface area contributed by atoms with E-state index >= 15 is 0 Å². The fraction of sp³-hybridized carbons (Fsp3) is 0.455. The minimum absolute atomic E-state index is 0.0137. The molecular formula is C11H16O3S. The zero-order chi connectivity index (χ0) is 11.7. The van der Waals surface area contributed by atoms with Crippen LogP contribution < -0.4 is 0 Å². The smallest absolute Gasteiger partial charge is 0.175 e. The van der Waals surface area contributed by atoms with Crippen LogP contribution in [-0.4, -0.2) is 26.4 Å². The van der Waals surface area contributed by atoms with Gasteiger partial charge in [0.25, 0.3) is 0 Å². The first-order valence-corrected chi connectivity index (χ1v) is 6.58. The molecule has 0 aliphatic rings. The molecule has 3 nitrogen and oxygen atoms in total. The summed E-state index contributed by atoms with van der Waals surface area (Å²) >= 11 is 0. The summed E-state index contributed by atoms with van der Waals surface area (Å²) in [5.41, 5.74) is 0.411. The van der Waals surface area contributed by atoms with Crippen LogP contribution in [0.2, 0.25) is 0 Å². The van der Waals surface area contributed by atoms with Gasteiger partial charge in [-0.05, 0) is 17.7 Å². The van der Waals surface area contributed by atoms with Crippen LogP contribution in [0.4, 0.5) is 0 Å². The summed E-state index contributed by atoms with van der Waals surface area (Å²) in [6.45, 7) is 3.73. The van der Waals surface area contributed by atoms with Crippen LogP contribution in [0.25, 0.3) is 0 Å². The number of aliphatic hydroxyl groups is 1. The first-order valence-electron chi connectivity index (χ1n) is 4.69. The van der Waals surface area contributed by atoms with Crippen molar-refractivity contribution in [1.29, 1.82) is 0 Å². The van der Waals surface area contributed by atoms with E-state index in [1.807, 2.05) is 19.9 Å². The van der Waals surface area contributed by atoms with E-state index < -0.39 is 15.3 Å². The molecule has 0 atom stereocenters. The molecule has 0 saturated carbocycles. The molecule has 0 aliphatic heterocycles. The van der Waals surface area contributed by atoms with Crippen LogP contribution in [-0.2, 0) is 15.3 Å². The first kappa shape index (κ1) is 12.2. The van der Waals surface area contributed by atoms with Crippen molar-refractivity contribution >= 4 is 9.84 Å². The van der Waals surface area contributed by atoms with Gasteiger partial charge in [-0.15, -0.1) is 0 Å². The van der Waals surface area contributed by atoms with Crippen LogP contribution in [0.1, 0.15) is 19.4 Å². The predicted octanol–water partition coefficient (Wildman–Crippen LogP) is 1.36. The molecule has 0 heterocycles. The number of hydrogen-bond acceptors (Lipinski definition) is 3. The van der Waals surface area contributed by atoms with Crippen molar-refractivity contribution in [3.63, 3.8) is 0 Å². The number of benzene rings is 1. The third kappa shape index (κ3) is 2.79. The fourth-order valence-corrected chi connectivity index (χ4v) is 1.91. The lowest BCUT2D eigenvalue weighted by atomic mass is 9.86. The van der Waals surface area contributed by atoms with Crippen molar-refractivity contribution in [1.82, 2.24) is 0 Å². The largest absolute Gasteiger partial charge is 0.395 e. The fourth-order valence-electron chi connectivity index (χ4n) is 1.24. The van der Waals surface area contributed by atoms with Gasteiger partial charge in [-0.3, -0.25) is 0 Å². The van der Waals surface area contributed by atoms with Gasteiger partial charge in [-0.25, -0.2) is 8.42 Å². The lowest BCUT2D eigenvalue weighted by molar-refractivity contribution is 0.218. The minimum Gasteiger partial charge on any atom is -0.395 e. The molecule has 0 bridgehead atoms. The number of hydrogen-bond donors (Lipinski definition) is 1. The van der Waals surface area contributed by atoms with E-state index in [2.05, 4.69) is 0 Å². The maximum atomic E-state index is 11.3. The molecule has 0 spiro atoms. The van der Waals surface area contributed by atoms with Gasteiger partial charge in [0.15, 0.2) is 9.84 Å². The third-order valence-electron chi connectivity index (χ3n) is 2.44. The molecule has 1 aromatic rings. The highest BCUT2D eigenvalue weighted by molar-refractivity contribution is 7.90. The normalized spacial score (nSPS) is 12.8. The van der Waals surface area contributed by atoms with E-state index in [1.165, 1.54) is 6.26 Å².